The van der Waals surface area contributed by atoms with E-state index in [1.54, 1.807) is 0 Å². The van der Waals surface area contributed by atoms with Gasteiger partial charge in [0.05, 0.1) is 18.8 Å². The largest absolute Gasteiger partial charge is 0.399 e. The van der Waals surface area contributed by atoms with Gasteiger partial charge in [-0.15, -0.1) is 0 Å². The number of aliphatic hydroxyl groups excluding tert-OH is 1. The highest BCUT2D eigenvalue weighted by Gasteiger charge is 2.33. The van der Waals surface area contributed by atoms with E-state index < -0.39 is 6.29 Å². The average molecular weight is 474 g/mol. The number of benzene rings is 3. The lowest BCUT2D eigenvalue weighted by Gasteiger charge is -2.40. The van der Waals surface area contributed by atoms with Crippen molar-refractivity contribution < 1.29 is 14.6 Å². The molecular formula is C29H35N3O3. The summed E-state index contributed by atoms with van der Waals surface area (Å²) in [5, 5.41) is 9.41. The molecule has 3 N–H and O–H groups in total. The van der Waals surface area contributed by atoms with E-state index in [0.29, 0.717) is 5.69 Å². The van der Waals surface area contributed by atoms with Gasteiger partial charge in [0.2, 0.25) is 0 Å². The lowest BCUT2D eigenvalue weighted by molar-refractivity contribution is -0.253. The van der Waals surface area contributed by atoms with Gasteiger partial charge in [0, 0.05) is 56.9 Å². The zero-order chi connectivity index (χ0) is 24.0. The van der Waals surface area contributed by atoms with Gasteiger partial charge in [0.25, 0.3) is 0 Å². The summed E-state index contributed by atoms with van der Waals surface area (Å²) in [6.07, 6.45) is 0.312. The Morgan fingerprint density at radius 3 is 2.23 bits per heavy atom. The number of nitrogens with two attached hydrogens (primary N) is 1. The van der Waals surface area contributed by atoms with Crippen molar-refractivity contribution >= 4 is 5.69 Å². The van der Waals surface area contributed by atoms with Gasteiger partial charge in [0.15, 0.2) is 6.29 Å². The van der Waals surface area contributed by atoms with Crippen molar-refractivity contribution in [2.45, 2.75) is 38.1 Å². The molecule has 5 rings (SSSR count). The van der Waals surface area contributed by atoms with Crippen LogP contribution in [-0.2, 0) is 22.6 Å². The third kappa shape index (κ3) is 6.28. The Labute approximate surface area is 207 Å². The smallest absolute Gasteiger partial charge is 0.185 e. The van der Waals surface area contributed by atoms with Crippen molar-refractivity contribution in [1.82, 2.24) is 9.80 Å². The summed E-state index contributed by atoms with van der Waals surface area (Å²) in [6.45, 7) is 6.11. The van der Waals surface area contributed by atoms with Crippen molar-refractivity contribution in [2.24, 2.45) is 0 Å². The van der Waals surface area contributed by atoms with Gasteiger partial charge < -0.3 is 20.3 Å². The molecule has 184 valence electrons. The quantitative estimate of drug-likeness (QED) is 0.503. The number of hydrogen-bond acceptors (Lipinski definition) is 6. The number of aliphatic hydroxyl groups is 1. The number of piperazine rings is 1. The minimum atomic E-state index is -0.459. The van der Waals surface area contributed by atoms with Crippen LogP contribution in [0.3, 0.4) is 0 Å². The molecule has 0 amide bonds. The normalized spacial score (nSPS) is 23.9. The fourth-order valence-electron chi connectivity index (χ4n) is 5.00. The molecule has 0 bridgehead atoms. The van der Waals surface area contributed by atoms with Crippen LogP contribution >= 0.6 is 0 Å². The van der Waals surface area contributed by atoms with E-state index in [1.807, 2.05) is 36.4 Å². The van der Waals surface area contributed by atoms with E-state index in [0.717, 1.165) is 62.4 Å². The molecule has 6 nitrogen and oxygen atoms in total. The first-order valence-corrected chi connectivity index (χ1v) is 12.5. The molecule has 35 heavy (non-hydrogen) atoms. The van der Waals surface area contributed by atoms with Crippen LogP contribution in [0.1, 0.15) is 41.1 Å². The molecule has 3 aromatic carbocycles. The Balaban J connectivity index is 1.24. The molecule has 0 aromatic heterocycles. The van der Waals surface area contributed by atoms with Gasteiger partial charge >= 0.3 is 0 Å². The van der Waals surface area contributed by atoms with Crippen LogP contribution in [0.4, 0.5) is 5.69 Å². The second-order valence-electron chi connectivity index (χ2n) is 9.58. The third-order valence-corrected chi connectivity index (χ3v) is 6.97. The van der Waals surface area contributed by atoms with Crippen LogP contribution in [0, 0.1) is 0 Å². The van der Waals surface area contributed by atoms with E-state index in [-0.39, 0.29) is 18.8 Å². The number of hydrogen-bond donors (Lipinski definition) is 2. The van der Waals surface area contributed by atoms with Crippen molar-refractivity contribution in [1.29, 1.82) is 0 Å². The SMILES string of the molecule is Nc1cccc([C@@H]2O[C@H](CN3CCN(Cc4ccccc4)CC3)C[C@H](c3ccc(CO)cc3)O2)c1. The van der Waals surface area contributed by atoms with Crippen molar-refractivity contribution in [2.75, 3.05) is 38.5 Å². The van der Waals surface area contributed by atoms with Crippen LogP contribution in [0.25, 0.3) is 0 Å². The minimum Gasteiger partial charge on any atom is -0.399 e. The van der Waals surface area contributed by atoms with Crippen LogP contribution in [0.15, 0.2) is 78.9 Å². The number of nitrogen functional groups attached to an aromatic ring is 1. The predicted molar refractivity (Wildman–Crippen MR) is 137 cm³/mol. The lowest BCUT2D eigenvalue weighted by atomic mass is 9.99. The Hall–Kier alpha value is -2.74. The summed E-state index contributed by atoms with van der Waals surface area (Å²) in [5.74, 6) is 0. The summed E-state index contributed by atoms with van der Waals surface area (Å²) in [4.78, 5) is 5.04. The van der Waals surface area contributed by atoms with Crippen molar-refractivity contribution in [3.8, 4) is 0 Å². The van der Waals surface area contributed by atoms with E-state index >= 15 is 0 Å². The molecular weight excluding hydrogens is 438 g/mol. The van der Waals surface area contributed by atoms with Crippen LogP contribution in [0.2, 0.25) is 0 Å². The number of rotatable bonds is 7. The molecule has 6 heteroatoms. The van der Waals surface area contributed by atoms with E-state index in [2.05, 4.69) is 52.3 Å². The van der Waals surface area contributed by atoms with Gasteiger partial charge in [-0.2, -0.15) is 0 Å². The first kappa shape index (κ1) is 24.0. The van der Waals surface area contributed by atoms with E-state index in [9.17, 15) is 5.11 Å². The molecule has 2 heterocycles. The van der Waals surface area contributed by atoms with E-state index in [4.69, 9.17) is 15.2 Å². The Kier molecular flexibility index (Phi) is 7.76. The Morgan fingerprint density at radius 1 is 0.771 bits per heavy atom. The molecule has 3 aromatic rings. The summed E-state index contributed by atoms with van der Waals surface area (Å²) in [6, 6.07) is 26.5. The highest BCUT2D eigenvalue weighted by Crippen LogP contribution is 2.38. The molecule has 0 radical (unpaired) electrons. The standard InChI is InChI=1S/C29H35N3O3/c30-26-8-4-7-25(17-26)29-34-27(18-28(35-29)24-11-9-23(21-33)10-12-24)20-32-15-13-31(14-16-32)19-22-5-2-1-3-6-22/h1-12,17,27-29,33H,13-16,18-21,30H2/t27-,28+,29+/m0/s1. The third-order valence-electron chi connectivity index (χ3n) is 6.97. The average Bonchev–Trinajstić information content (AvgIpc) is 2.90. The summed E-state index contributed by atoms with van der Waals surface area (Å²) in [7, 11) is 0. The fourth-order valence-corrected chi connectivity index (χ4v) is 5.00. The topological polar surface area (TPSA) is 71.2 Å². The first-order chi connectivity index (χ1) is 17.2. The van der Waals surface area contributed by atoms with Crippen molar-refractivity contribution in [3.05, 3.63) is 101 Å². The molecule has 2 saturated heterocycles. The molecule has 3 atom stereocenters. The summed E-state index contributed by atoms with van der Waals surface area (Å²) >= 11 is 0. The van der Waals surface area contributed by atoms with Gasteiger partial charge in [0.1, 0.15) is 0 Å². The monoisotopic (exact) mass is 473 g/mol. The van der Waals surface area contributed by atoms with Gasteiger partial charge in [-0.25, -0.2) is 0 Å². The van der Waals surface area contributed by atoms with Crippen LogP contribution in [-0.4, -0.2) is 53.7 Å². The van der Waals surface area contributed by atoms with Crippen LogP contribution in [0.5, 0.6) is 0 Å². The molecule has 2 aliphatic rings. The highest BCUT2D eigenvalue weighted by molar-refractivity contribution is 5.41. The summed E-state index contributed by atoms with van der Waals surface area (Å²) < 4.78 is 12.9. The predicted octanol–water partition coefficient (Wildman–Crippen LogP) is 4.12. The van der Waals surface area contributed by atoms with Gasteiger partial charge in [-0.1, -0.05) is 66.7 Å². The van der Waals surface area contributed by atoms with Crippen molar-refractivity contribution in [3.63, 3.8) is 0 Å². The molecule has 2 fully saturated rings. The zero-order valence-corrected chi connectivity index (χ0v) is 20.1. The first-order valence-electron chi connectivity index (χ1n) is 12.5. The molecule has 0 spiro atoms. The second-order valence-corrected chi connectivity index (χ2v) is 9.58. The lowest BCUT2D eigenvalue weighted by Crippen LogP contribution is -2.49. The maximum Gasteiger partial charge on any atom is 0.185 e. The number of ether oxygens (including phenoxy) is 2. The summed E-state index contributed by atoms with van der Waals surface area (Å²) in [5.41, 5.74) is 11.1. The minimum absolute atomic E-state index is 0.0414. The maximum absolute atomic E-state index is 9.41. The second kappa shape index (κ2) is 11.3. The molecule has 2 aliphatic heterocycles. The molecule has 0 aliphatic carbocycles. The Bertz CT molecular complexity index is 1070. The van der Waals surface area contributed by atoms with Gasteiger partial charge in [-0.05, 0) is 28.8 Å². The fraction of sp³-hybridized carbons (Fsp3) is 0.379. The van der Waals surface area contributed by atoms with Crippen LogP contribution < -0.4 is 5.73 Å². The zero-order valence-electron chi connectivity index (χ0n) is 20.1. The van der Waals surface area contributed by atoms with E-state index in [1.165, 1.54) is 5.56 Å². The Morgan fingerprint density at radius 2 is 1.51 bits per heavy atom. The number of nitrogens with zero attached hydrogens (tertiary/aromatic N) is 2. The number of anilines is 1. The highest BCUT2D eigenvalue weighted by atomic mass is 16.7. The van der Waals surface area contributed by atoms with Gasteiger partial charge in [-0.3, -0.25) is 9.80 Å². The maximum atomic E-state index is 9.41. The molecule has 0 saturated carbocycles. The molecule has 0 unspecified atom stereocenters.